The van der Waals surface area contributed by atoms with Crippen LogP contribution in [0.3, 0.4) is 0 Å². The van der Waals surface area contributed by atoms with Crippen molar-refractivity contribution in [1.82, 2.24) is 0 Å². The molecule has 82 valence electrons. The van der Waals surface area contributed by atoms with Gasteiger partial charge in [-0.1, -0.05) is 28.1 Å². The van der Waals surface area contributed by atoms with E-state index in [1.807, 2.05) is 12.1 Å². The van der Waals surface area contributed by atoms with Crippen LogP contribution in [0.4, 0.5) is 0 Å². The molecule has 15 heavy (non-hydrogen) atoms. The summed E-state index contributed by atoms with van der Waals surface area (Å²) in [5, 5.41) is 10.1. The van der Waals surface area contributed by atoms with Gasteiger partial charge in [0.1, 0.15) is 12.2 Å². The Kier molecular flexibility index (Phi) is 3.88. The third kappa shape index (κ3) is 3.64. The van der Waals surface area contributed by atoms with Crippen molar-refractivity contribution in [2.45, 2.75) is 19.4 Å². The van der Waals surface area contributed by atoms with E-state index in [2.05, 4.69) is 15.9 Å². The smallest absolute Gasteiger partial charge is 0.302 e. The van der Waals surface area contributed by atoms with E-state index in [0.717, 1.165) is 4.47 Å². The number of ether oxygens (including phenoxy) is 1. The predicted octanol–water partition coefficient (Wildman–Crippen LogP) is 2.22. The van der Waals surface area contributed by atoms with Gasteiger partial charge in [0.25, 0.3) is 0 Å². The number of halogens is 1. The van der Waals surface area contributed by atoms with Crippen molar-refractivity contribution in [1.29, 1.82) is 0 Å². The van der Waals surface area contributed by atoms with Crippen molar-refractivity contribution in [2.75, 3.05) is 6.61 Å². The van der Waals surface area contributed by atoms with Crippen LogP contribution in [0.5, 0.6) is 0 Å². The van der Waals surface area contributed by atoms with E-state index in [0.29, 0.717) is 5.56 Å². The molecule has 0 spiro atoms. The lowest BCUT2D eigenvalue weighted by molar-refractivity contribution is -0.148. The van der Waals surface area contributed by atoms with Gasteiger partial charge in [0.15, 0.2) is 0 Å². The van der Waals surface area contributed by atoms with E-state index in [1.54, 1.807) is 19.1 Å². The molecule has 0 bridgehead atoms. The monoisotopic (exact) mass is 272 g/mol. The van der Waals surface area contributed by atoms with Gasteiger partial charge in [-0.05, 0) is 24.6 Å². The minimum atomic E-state index is -1.16. The van der Waals surface area contributed by atoms with E-state index < -0.39 is 11.6 Å². The lowest BCUT2D eigenvalue weighted by atomic mass is 9.97. The summed E-state index contributed by atoms with van der Waals surface area (Å²) in [6.45, 7) is 2.88. The summed E-state index contributed by atoms with van der Waals surface area (Å²) in [5.74, 6) is -0.398. The van der Waals surface area contributed by atoms with Crippen LogP contribution < -0.4 is 0 Å². The first-order valence-corrected chi connectivity index (χ1v) is 5.33. The molecule has 0 aliphatic heterocycles. The normalized spacial score (nSPS) is 14.4. The first-order chi connectivity index (χ1) is 6.92. The fourth-order valence-corrected chi connectivity index (χ4v) is 1.55. The number of benzene rings is 1. The van der Waals surface area contributed by atoms with Gasteiger partial charge in [0.2, 0.25) is 0 Å². The molecule has 1 unspecified atom stereocenters. The second-order valence-electron chi connectivity index (χ2n) is 3.56. The lowest BCUT2D eigenvalue weighted by Crippen LogP contribution is -2.28. The summed E-state index contributed by atoms with van der Waals surface area (Å²) >= 11 is 3.32. The molecule has 4 heteroatoms. The van der Waals surface area contributed by atoms with E-state index in [4.69, 9.17) is 4.74 Å². The Morgan fingerprint density at radius 3 is 2.80 bits per heavy atom. The molecule has 3 nitrogen and oxygen atoms in total. The summed E-state index contributed by atoms with van der Waals surface area (Å²) in [6.07, 6.45) is 0. The van der Waals surface area contributed by atoms with Crippen LogP contribution in [0.15, 0.2) is 28.7 Å². The van der Waals surface area contributed by atoms with Crippen LogP contribution in [0.2, 0.25) is 0 Å². The molecule has 0 fully saturated rings. The number of esters is 1. The standard InChI is InChI=1S/C11H13BrO3/c1-8(13)15-7-11(2,14)9-4-3-5-10(12)6-9/h3-6,14H,7H2,1-2H3. The average Bonchev–Trinajstić information content (AvgIpc) is 2.15. The maximum absolute atomic E-state index is 10.6. The summed E-state index contributed by atoms with van der Waals surface area (Å²) < 4.78 is 5.67. The number of carbonyl (C=O) groups excluding carboxylic acids is 1. The van der Waals surface area contributed by atoms with Gasteiger partial charge in [0.05, 0.1) is 0 Å². The second kappa shape index (κ2) is 4.77. The van der Waals surface area contributed by atoms with Gasteiger partial charge in [-0.3, -0.25) is 4.79 Å². The molecular formula is C11H13BrO3. The Morgan fingerprint density at radius 2 is 2.27 bits per heavy atom. The number of carbonyl (C=O) groups is 1. The zero-order valence-corrected chi connectivity index (χ0v) is 10.2. The molecule has 0 saturated carbocycles. The fraction of sp³-hybridized carbons (Fsp3) is 0.364. The fourth-order valence-electron chi connectivity index (χ4n) is 1.15. The Balaban J connectivity index is 2.80. The first-order valence-electron chi connectivity index (χ1n) is 4.53. The predicted molar refractivity (Wildman–Crippen MR) is 60.3 cm³/mol. The quantitative estimate of drug-likeness (QED) is 0.859. The molecule has 1 aromatic carbocycles. The van der Waals surface area contributed by atoms with Crippen LogP contribution in [0, 0.1) is 0 Å². The van der Waals surface area contributed by atoms with Gasteiger partial charge in [0, 0.05) is 11.4 Å². The number of hydrogen-bond donors (Lipinski definition) is 1. The van der Waals surface area contributed by atoms with Crippen molar-refractivity contribution < 1.29 is 14.6 Å². The Bertz CT molecular complexity index is 361. The highest BCUT2D eigenvalue weighted by molar-refractivity contribution is 9.10. The van der Waals surface area contributed by atoms with Gasteiger partial charge >= 0.3 is 5.97 Å². The van der Waals surface area contributed by atoms with Gasteiger partial charge in [-0.15, -0.1) is 0 Å². The van der Waals surface area contributed by atoms with Crippen LogP contribution >= 0.6 is 15.9 Å². The molecule has 0 saturated heterocycles. The first kappa shape index (κ1) is 12.2. The minimum absolute atomic E-state index is 0.0429. The summed E-state index contributed by atoms with van der Waals surface area (Å²) in [7, 11) is 0. The van der Waals surface area contributed by atoms with Crippen molar-refractivity contribution in [3.05, 3.63) is 34.3 Å². The average molecular weight is 273 g/mol. The minimum Gasteiger partial charge on any atom is -0.462 e. The molecule has 0 amide bonds. The highest BCUT2D eigenvalue weighted by Crippen LogP contribution is 2.23. The van der Waals surface area contributed by atoms with Crippen LogP contribution in [-0.4, -0.2) is 17.7 Å². The Labute approximate surface area is 97.2 Å². The molecule has 0 radical (unpaired) electrons. The van der Waals surface area contributed by atoms with Crippen molar-refractivity contribution in [3.63, 3.8) is 0 Å². The van der Waals surface area contributed by atoms with E-state index in [1.165, 1.54) is 6.92 Å². The topological polar surface area (TPSA) is 46.5 Å². The largest absolute Gasteiger partial charge is 0.462 e. The number of aliphatic hydroxyl groups is 1. The molecule has 0 aliphatic carbocycles. The van der Waals surface area contributed by atoms with Crippen LogP contribution in [0.25, 0.3) is 0 Å². The molecule has 1 aromatic rings. The van der Waals surface area contributed by atoms with Crippen molar-refractivity contribution in [3.8, 4) is 0 Å². The van der Waals surface area contributed by atoms with Gasteiger partial charge in [-0.25, -0.2) is 0 Å². The molecule has 1 N–H and O–H groups in total. The van der Waals surface area contributed by atoms with E-state index in [-0.39, 0.29) is 6.61 Å². The van der Waals surface area contributed by atoms with E-state index in [9.17, 15) is 9.90 Å². The molecule has 1 atom stereocenters. The summed E-state index contributed by atoms with van der Waals surface area (Å²) in [5.41, 5.74) is -0.451. The molecule has 1 rings (SSSR count). The molecule has 0 heterocycles. The van der Waals surface area contributed by atoms with Crippen molar-refractivity contribution in [2.24, 2.45) is 0 Å². The van der Waals surface area contributed by atoms with Crippen LogP contribution in [0.1, 0.15) is 19.4 Å². The summed E-state index contributed by atoms with van der Waals surface area (Å²) in [4.78, 5) is 10.6. The zero-order valence-electron chi connectivity index (χ0n) is 8.66. The molecule has 0 aliphatic rings. The number of hydrogen-bond acceptors (Lipinski definition) is 3. The van der Waals surface area contributed by atoms with E-state index >= 15 is 0 Å². The maximum Gasteiger partial charge on any atom is 0.302 e. The third-order valence-corrected chi connectivity index (χ3v) is 2.50. The Hall–Kier alpha value is -0.870. The molecular weight excluding hydrogens is 260 g/mol. The second-order valence-corrected chi connectivity index (χ2v) is 4.48. The molecule has 0 aromatic heterocycles. The highest BCUT2D eigenvalue weighted by atomic mass is 79.9. The maximum atomic E-state index is 10.6. The van der Waals surface area contributed by atoms with Crippen molar-refractivity contribution >= 4 is 21.9 Å². The van der Waals surface area contributed by atoms with Gasteiger partial charge in [-0.2, -0.15) is 0 Å². The lowest BCUT2D eigenvalue weighted by Gasteiger charge is -2.23. The zero-order chi connectivity index (χ0) is 11.5. The van der Waals surface area contributed by atoms with Crippen LogP contribution in [-0.2, 0) is 15.1 Å². The summed E-state index contributed by atoms with van der Waals surface area (Å²) in [6, 6.07) is 7.27. The Morgan fingerprint density at radius 1 is 1.60 bits per heavy atom. The SMILES string of the molecule is CC(=O)OCC(C)(O)c1cccc(Br)c1. The number of rotatable bonds is 3. The third-order valence-electron chi connectivity index (χ3n) is 2.00. The highest BCUT2D eigenvalue weighted by Gasteiger charge is 2.24. The van der Waals surface area contributed by atoms with Gasteiger partial charge < -0.3 is 9.84 Å².